The first kappa shape index (κ1) is 20.6. The van der Waals surface area contributed by atoms with Gasteiger partial charge in [-0.05, 0) is 0 Å². The summed E-state index contributed by atoms with van der Waals surface area (Å²) < 4.78 is 45.5. The molecule has 0 aliphatic heterocycles. The number of thioether (sulfide) groups is 2. The van der Waals surface area contributed by atoms with Crippen LogP contribution in [0.5, 0.6) is 0 Å². The van der Waals surface area contributed by atoms with E-state index in [4.69, 9.17) is 19.3 Å². The maximum absolute atomic E-state index is 12.2. The zero-order valence-corrected chi connectivity index (χ0v) is 13.6. The van der Waals surface area contributed by atoms with E-state index in [9.17, 15) is 13.3 Å². The Morgan fingerprint density at radius 2 is 1.35 bits per heavy atom. The highest BCUT2D eigenvalue weighted by molar-refractivity contribution is 7.99. The van der Waals surface area contributed by atoms with Crippen molar-refractivity contribution < 1.29 is 32.6 Å². The van der Waals surface area contributed by atoms with Crippen molar-refractivity contribution in [2.45, 2.75) is 0 Å². The smallest absolute Gasteiger partial charge is 0.320 e. The number of rotatable bonds is 14. The van der Waals surface area contributed by atoms with Crippen molar-refractivity contribution in [3.8, 4) is 0 Å². The molecule has 0 aromatic carbocycles. The largest absolute Gasteiger partial charge is 0.396 e. The Morgan fingerprint density at radius 3 is 1.65 bits per heavy atom. The van der Waals surface area contributed by atoms with Gasteiger partial charge < -0.3 is 10.2 Å². The van der Waals surface area contributed by atoms with Gasteiger partial charge in [-0.3, -0.25) is 22.4 Å². The van der Waals surface area contributed by atoms with E-state index >= 15 is 0 Å². The summed E-state index contributed by atoms with van der Waals surface area (Å²) in [5, 5.41) is 17.5. The molecule has 0 rings (SSSR count). The quantitative estimate of drug-likeness (QED) is 0.280. The second-order valence-corrected chi connectivity index (χ2v) is 6.95. The Balaban J connectivity index is 3.45. The predicted molar refractivity (Wildman–Crippen MR) is 78.9 cm³/mol. The van der Waals surface area contributed by atoms with Gasteiger partial charge in [-0.1, -0.05) is 0 Å². The maximum Gasteiger partial charge on any atom is 0.320 e. The van der Waals surface area contributed by atoms with Gasteiger partial charge in [0.15, 0.2) is 0 Å². The molecule has 0 amide bonds. The molecule has 122 valence electrons. The van der Waals surface area contributed by atoms with Crippen molar-refractivity contribution >= 4 is 31.8 Å². The maximum atomic E-state index is 12.2. The first-order valence-corrected chi connectivity index (χ1v) is 9.50. The Bertz CT molecular complexity index is 224. The van der Waals surface area contributed by atoms with Gasteiger partial charge in [0.25, 0.3) is 0 Å². The van der Waals surface area contributed by atoms with E-state index in [1.807, 2.05) is 0 Å². The summed E-state index contributed by atoms with van der Waals surface area (Å²) in [4.78, 5) is 0. The normalized spacial score (nSPS) is 16.0. The lowest BCUT2D eigenvalue weighted by Crippen LogP contribution is -2.11. The van der Waals surface area contributed by atoms with E-state index in [-0.39, 0.29) is 25.1 Å². The SMILES string of the molecule is O=[PH](OCSCC(CO)CF)OCSCC(CO)CF. The van der Waals surface area contributed by atoms with Gasteiger partial charge in [0.2, 0.25) is 0 Å². The standard InChI is InChI=1S/C10H21F2O5PS2/c11-1-9(3-13)5-19-7-16-18(15)17-8-20-6-10(2-12)4-14/h9-10,13-14,18H,1-8H2. The minimum absolute atomic E-state index is 0.0999. The molecule has 0 saturated carbocycles. The summed E-state index contributed by atoms with van der Waals surface area (Å²) >= 11 is 2.45. The molecular weight excluding hydrogens is 333 g/mol. The number of alkyl halides is 2. The van der Waals surface area contributed by atoms with Crippen LogP contribution in [0.25, 0.3) is 0 Å². The second-order valence-electron chi connectivity index (χ2n) is 3.92. The van der Waals surface area contributed by atoms with E-state index in [1.54, 1.807) is 0 Å². The Hall–Kier alpha value is 0.630. The minimum Gasteiger partial charge on any atom is -0.396 e. The predicted octanol–water partition coefficient (Wildman–Crippen LogP) is 1.95. The highest BCUT2D eigenvalue weighted by atomic mass is 32.2. The average molecular weight is 354 g/mol. The molecule has 0 aromatic rings. The number of hydrogen-bond donors (Lipinski definition) is 2. The van der Waals surface area contributed by atoms with Gasteiger partial charge in [-0.2, -0.15) is 0 Å². The third kappa shape index (κ3) is 11.3. The molecule has 0 saturated heterocycles. The van der Waals surface area contributed by atoms with Gasteiger partial charge in [0, 0.05) is 36.6 Å². The zero-order valence-electron chi connectivity index (χ0n) is 11.0. The molecule has 10 heteroatoms. The molecule has 0 heterocycles. The first-order chi connectivity index (χ1) is 9.67. The van der Waals surface area contributed by atoms with Crippen LogP contribution >= 0.6 is 31.8 Å². The molecule has 2 N–H and O–H groups in total. The first-order valence-electron chi connectivity index (χ1n) is 5.96. The van der Waals surface area contributed by atoms with Gasteiger partial charge in [0.1, 0.15) is 11.9 Å². The van der Waals surface area contributed by atoms with Crippen molar-refractivity contribution in [3.05, 3.63) is 0 Å². The highest BCUT2D eigenvalue weighted by Gasteiger charge is 2.09. The molecule has 5 nitrogen and oxygen atoms in total. The van der Waals surface area contributed by atoms with Crippen molar-refractivity contribution in [3.63, 3.8) is 0 Å². The molecule has 2 atom stereocenters. The summed E-state index contributed by atoms with van der Waals surface area (Å²) in [5.74, 6) is 0.0970. The topological polar surface area (TPSA) is 76.0 Å². The third-order valence-electron chi connectivity index (χ3n) is 2.18. The fraction of sp³-hybridized carbons (Fsp3) is 1.00. The minimum atomic E-state index is -2.62. The lowest BCUT2D eigenvalue weighted by molar-refractivity contribution is 0.212. The monoisotopic (exact) mass is 354 g/mol. The van der Waals surface area contributed by atoms with Crippen molar-refractivity contribution in [1.29, 1.82) is 0 Å². The Labute approximate surface area is 126 Å². The molecule has 0 bridgehead atoms. The highest BCUT2D eigenvalue weighted by Crippen LogP contribution is 2.28. The zero-order chi connectivity index (χ0) is 15.2. The Morgan fingerprint density at radius 1 is 0.950 bits per heavy atom. The molecule has 0 aromatic heterocycles. The molecule has 20 heavy (non-hydrogen) atoms. The number of halogens is 2. The lowest BCUT2D eigenvalue weighted by Gasteiger charge is -2.10. The Kier molecular flexibility index (Phi) is 15.0. The molecule has 2 unspecified atom stereocenters. The van der Waals surface area contributed by atoms with E-state index in [0.29, 0.717) is 11.5 Å². The van der Waals surface area contributed by atoms with Gasteiger partial charge >= 0.3 is 8.25 Å². The van der Waals surface area contributed by atoms with Crippen molar-refractivity contribution in [2.24, 2.45) is 11.8 Å². The fourth-order valence-corrected chi connectivity index (χ4v) is 3.71. The average Bonchev–Trinajstić information content (AvgIpc) is 2.47. The second kappa shape index (κ2) is 14.6. The van der Waals surface area contributed by atoms with E-state index in [2.05, 4.69) is 0 Å². The van der Waals surface area contributed by atoms with Crippen LogP contribution in [0.2, 0.25) is 0 Å². The van der Waals surface area contributed by atoms with E-state index < -0.39 is 33.4 Å². The third-order valence-corrected chi connectivity index (χ3v) is 5.34. The number of hydrogen-bond acceptors (Lipinski definition) is 7. The molecule has 0 spiro atoms. The van der Waals surface area contributed by atoms with Crippen LogP contribution in [0, 0.1) is 11.8 Å². The number of aliphatic hydroxyl groups is 2. The summed E-state index contributed by atoms with van der Waals surface area (Å²) in [6.07, 6.45) is 0. The number of aliphatic hydroxyl groups excluding tert-OH is 2. The van der Waals surface area contributed by atoms with Gasteiger partial charge in [0.05, 0.1) is 13.3 Å². The summed E-state index contributed by atoms with van der Waals surface area (Å²) in [5.41, 5.74) is 0. The molecule has 0 radical (unpaired) electrons. The molecule has 0 fully saturated rings. The van der Waals surface area contributed by atoms with Crippen molar-refractivity contribution in [1.82, 2.24) is 0 Å². The van der Waals surface area contributed by atoms with Crippen molar-refractivity contribution in [2.75, 3.05) is 49.9 Å². The van der Waals surface area contributed by atoms with Gasteiger partial charge in [-0.15, -0.1) is 23.5 Å². The van der Waals surface area contributed by atoms with E-state index in [0.717, 1.165) is 0 Å². The molecule has 0 aliphatic rings. The summed E-state index contributed by atoms with van der Waals surface area (Å²) in [7, 11) is -2.62. The van der Waals surface area contributed by atoms with Crippen LogP contribution in [-0.4, -0.2) is 60.2 Å². The van der Waals surface area contributed by atoms with Crippen LogP contribution < -0.4 is 0 Å². The lowest BCUT2D eigenvalue weighted by atomic mass is 10.2. The fourth-order valence-electron chi connectivity index (χ4n) is 0.943. The van der Waals surface area contributed by atoms with Crippen LogP contribution in [0.3, 0.4) is 0 Å². The van der Waals surface area contributed by atoms with Crippen LogP contribution in [-0.2, 0) is 13.6 Å². The van der Waals surface area contributed by atoms with E-state index in [1.165, 1.54) is 23.5 Å². The van der Waals surface area contributed by atoms with Crippen LogP contribution in [0.4, 0.5) is 8.78 Å². The summed E-state index contributed by atoms with van der Waals surface area (Å²) in [6, 6.07) is 0. The van der Waals surface area contributed by atoms with Gasteiger partial charge in [-0.25, -0.2) is 0 Å². The molecular formula is C10H21F2O5PS2. The molecule has 0 aliphatic carbocycles. The van der Waals surface area contributed by atoms with Crippen LogP contribution in [0.15, 0.2) is 0 Å². The summed E-state index contributed by atoms with van der Waals surface area (Å²) in [6.45, 7) is -1.67. The van der Waals surface area contributed by atoms with Crippen LogP contribution in [0.1, 0.15) is 0 Å².